The maximum atomic E-state index is 13.0. The van der Waals surface area contributed by atoms with Crippen molar-refractivity contribution in [2.75, 3.05) is 14.2 Å². The van der Waals surface area contributed by atoms with Gasteiger partial charge in [0.25, 0.3) is 15.9 Å². The number of rotatable bonds is 6. The molecule has 1 aliphatic rings. The number of carbonyl (C=O) groups excluding carboxylic acids is 1. The number of fused-ring (bicyclic) bond motifs is 1. The molecule has 26 heavy (non-hydrogen) atoms. The van der Waals surface area contributed by atoms with Crippen LogP contribution < -0.4 is 9.47 Å². The largest absolute Gasteiger partial charge is 0.493 e. The number of benzene rings is 2. The molecule has 0 spiro atoms. The Bertz CT molecular complexity index is 942. The Kier molecular flexibility index (Phi) is 5.15. The molecule has 6 nitrogen and oxygen atoms in total. The fourth-order valence-corrected chi connectivity index (χ4v) is 5.68. The summed E-state index contributed by atoms with van der Waals surface area (Å²) >= 11 is 0.891. The molecule has 0 atom stereocenters. The van der Waals surface area contributed by atoms with Gasteiger partial charge in [-0.2, -0.15) is 3.71 Å². The molecule has 138 valence electrons. The van der Waals surface area contributed by atoms with Crippen LogP contribution >= 0.6 is 11.9 Å². The average molecular weight is 393 g/mol. The molecule has 1 heterocycles. The van der Waals surface area contributed by atoms with E-state index in [-0.39, 0.29) is 10.5 Å². The zero-order valence-electron chi connectivity index (χ0n) is 14.7. The SMILES string of the molecule is CCCc1c(OC)c(OC)cc2c1C(=O)N(Sc1ccccc1)S2(=O)=O. The Morgan fingerprint density at radius 1 is 1.12 bits per heavy atom. The van der Waals surface area contributed by atoms with Crippen LogP contribution in [0.4, 0.5) is 0 Å². The van der Waals surface area contributed by atoms with Crippen molar-refractivity contribution in [3.8, 4) is 11.5 Å². The van der Waals surface area contributed by atoms with Crippen molar-refractivity contribution in [2.45, 2.75) is 29.6 Å². The van der Waals surface area contributed by atoms with E-state index in [4.69, 9.17) is 9.47 Å². The fourth-order valence-electron chi connectivity index (χ4n) is 2.93. The van der Waals surface area contributed by atoms with E-state index < -0.39 is 15.9 Å². The molecule has 3 rings (SSSR count). The Labute approximate surface area is 157 Å². The fraction of sp³-hybridized carbons (Fsp3) is 0.278. The van der Waals surface area contributed by atoms with Crippen molar-refractivity contribution in [1.29, 1.82) is 0 Å². The van der Waals surface area contributed by atoms with Gasteiger partial charge in [-0.3, -0.25) is 4.79 Å². The Morgan fingerprint density at radius 3 is 2.38 bits per heavy atom. The predicted octanol–water partition coefficient (Wildman–Crippen LogP) is 3.51. The maximum Gasteiger partial charge on any atom is 0.280 e. The van der Waals surface area contributed by atoms with E-state index in [1.165, 1.54) is 20.3 Å². The molecule has 0 bridgehead atoms. The zero-order chi connectivity index (χ0) is 18.9. The monoisotopic (exact) mass is 393 g/mol. The van der Waals surface area contributed by atoms with Crippen molar-refractivity contribution in [3.05, 3.63) is 47.5 Å². The second-order valence-corrected chi connectivity index (χ2v) is 8.66. The number of methoxy groups -OCH3 is 2. The zero-order valence-corrected chi connectivity index (χ0v) is 16.3. The molecule has 2 aromatic rings. The summed E-state index contributed by atoms with van der Waals surface area (Å²) in [5.74, 6) is 0.152. The lowest BCUT2D eigenvalue weighted by Gasteiger charge is -2.14. The van der Waals surface area contributed by atoms with Crippen molar-refractivity contribution < 1.29 is 22.7 Å². The molecule has 0 radical (unpaired) electrons. The first kappa shape index (κ1) is 18.6. The van der Waals surface area contributed by atoms with Crippen LogP contribution in [0.2, 0.25) is 0 Å². The van der Waals surface area contributed by atoms with Crippen LogP contribution in [0, 0.1) is 0 Å². The van der Waals surface area contributed by atoms with Gasteiger partial charge in [0.15, 0.2) is 11.5 Å². The quantitative estimate of drug-likeness (QED) is 0.700. The Morgan fingerprint density at radius 2 is 1.81 bits per heavy atom. The number of sulfonamides is 1. The van der Waals surface area contributed by atoms with E-state index >= 15 is 0 Å². The van der Waals surface area contributed by atoms with E-state index in [1.807, 2.05) is 13.0 Å². The highest BCUT2D eigenvalue weighted by Gasteiger charge is 2.45. The van der Waals surface area contributed by atoms with E-state index in [2.05, 4.69) is 0 Å². The van der Waals surface area contributed by atoms with Crippen LogP contribution in [0.5, 0.6) is 11.5 Å². The number of carbonyl (C=O) groups is 1. The van der Waals surface area contributed by atoms with E-state index in [1.54, 1.807) is 24.3 Å². The summed E-state index contributed by atoms with van der Waals surface area (Å²) in [6, 6.07) is 10.3. The Hall–Kier alpha value is -2.19. The van der Waals surface area contributed by atoms with Crippen LogP contribution in [0.25, 0.3) is 0 Å². The van der Waals surface area contributed by atoms with E-state index in [0.29, 0.717) is 28.4 Å². The molecule has 0 saturated heterocycles. The maximum absolute atomic E-state index is 13.0. The van der Waals surface area contributed by atoms with Crippen molar-refractivity contribution in [3.63, 3.8) is 0 Å². The summed E-state index contributed by atoms with van der Waals surface area (Å²) in [4.78, 5) is 13.6. The molecule has 0 fully saturated rings. The molecule has 8 heteroatoms. The van der Waals surface area contributed by atoms with Crippen LogP contribution in [0.3, 0.4) is 0 Å². The molecular formula is C18H19NO5S2. The lowest BCUT2D eigenvalue weighted by atomic mass is 10.0. The first-order valence-corrected chi connectivity index (χ1v) is 10.3. The van der Waals surface area contributed by atoms with Gasteiger partial charge in [0.2, 0.25) is 0 Å². The predicted molar refractivity (Wildman–Crippen MR) is 99.2 cm³/mol. The number of amides is 1. The van der Waals surface area contributed by atoms with Crippen molar-refractivity contribution in [2.24, 2.45) is 0 Å². The molecule has 1 amide bonds. The molecule has 0 saturated carbocycles. The molecule has 1 aliphatic heterocycles. The van der Waals surface area contributed by atoms with Gasteiger partial charge >= 0.3 is 0 Å². The van der Waals surface area contributed by atoms with E-state index in [9.17, 15) is 13.2 Å². The molecule has 0 aromatic heterocycles. The standard InChI is InChI=1S/C18H19NO5S2/c1-4-8-13-16-15(11-14(23-2)17(13)24-3)26(21,22)19(18(16)20)25-12-9-6-5-7-10-12/h5-7,9-11H,4,8H2,1-3H3. The third-order valence-corrected chi connectivity index (χ3v) is 7.15. The smallest absolute Gasteiger partial charge is 0.280 e. The number of nitrogens with zero attached hydrogens (tertiary/aromatic N) is 1. The summed E-state index contributed by atoms with van der Waals surface area (Å²) in [5.41, 5.74) is 0.738. The van der Waals surface area contributed by atoms with Gasteiger partial charge in [0.05, 0.1) is 19.8 Å². The van der Waals surface area contributed by atoms with E-state index in [0.717, 1.165) is 22.1 Å². The molecular weight excluding hydrogens is 374 g/mol. The summed E-state index contributed by atoms with van der Waals surface area (Å²) in [6.07, 6.45) is 1.24. The first-order valence-electron chi connectivity index (χ1n) is 8.06. The third kappa shape index (κ3) is 2.93. The minimum absolute atomic E-state index is 0.0352. The average Bonchev–Trinajstić information content (AvgIpc) is 2.83. The first-order chi connectivity index (χ1) is 12.5. The van der Waals surface area contributed by atoms with Gasteiger partial charge in [-0.15, -0.1) is 0 Å². The van der Waals surface area contributed by atoms with Gasteiger partial charge in [-0.25, -0.2) is 8.42 Å². The van der Waals surface area contributed by atoms with Crippen molar-refractivity contribution in [1.82, 2.24) is 3.71 Å². The van der Waals surface area contributed by atoms with Crippen LogP contribution in [-0.4, -0.2) is 32.3 Å². The van der Waals surface area contributed by atoms with Crippen LogP contribution in [0.15, 0.2) is 46.2 Å². The number of hydrogen-bond donors (Lipinski definition) is 0. The number of hydrogen-bond acceptors (Lipinski definition) is 6. The molecule has 0 aliphatic carbocycles. The summed E-state index contributed by atoms with van der Waals surface area (Å²) in [6.45, 7) is 1.95. The van der Waals surface area contributed by atoms with Gasteiger partial charge in [-0.1, -0.05) is 31.5 Å². The van der Waals surface area contributed by atoms with Crippen LogP contribution in [0.1, 0.15) is 29.3 Å². The Balaban J connectivity index is 2.18. The molecule has 2 aromatic carbocycles. The summed E-state index contributed by atoms with van der Waals surface area (Å²) in [7, 11) is -1.06. The van der Waals surface area contributed by atoms with Crippen molar-refractivity contribution >= 4 is 27.9 Å². The number of ether oxygens (including phenoxy) is 2. The van der Waals surface area contributed by atoms with Gasteiger partial charge < -0.3 is 9.47 Å². The minimum atomic E-state index is -3.98. The van der Waals surface area contributed by atoms with Crippen LogP contribution in [-0.2, 0) is 16.4 Å². The molecule has 0 N–H and O–H groups in total. The second-order valence-electron chi connectivity index (χ2n) is 5.66. The topological polar surface area (TPSA) is 72.9 Å². The second kappa shape index (κ2) is 7.20. The van der Waals surface area contributed by atoms with Gasteiger partial charge in [0.1, 0.15) is 4.90 Å². The lowest BCUT2D eigenvalue weighted by Crippen LogP contribution is -2.22. The third-order valence-electron chi connectivity index (χ3n) is 4.04. The molecule has 0 unspecified atom stereocenters. The highest BCUT2D eigenvalue weighted by Crippen LogP contribution is 2.46. The normalized spacial score (nSPS) is 15.0. The lowest BCUT2D eigenvalue weighted by molar-refractivity contribution is 0.0933. The van der Waals surface area contributed by atoms with Gasteiger partial charge in [0, 0.05) is 28.5 Å². The highest BCUT2D eigenvalue weighted by molar-refractivity contribution is 8.09. The summed E-state index contributed by atoms with van der Waals surface area (Å²) < 4.78 is 37.6. The minimum Gasteiger partial charge on any atom is -0.493 e. The van der Waals surface area contributed by atoms with Gasteiger partial charge in [-0.05, 0) is 18.6 Å². The summed E-state index contributed by atoms with van der Waals surface area (Å²) in [5, 5.41) is 0. The highest BCUT2D eigenvalue weighted by atomic mass is 32.3.